The lowest BCUT2D eigenvalue weighted by molar-refractivity contribution is 0.0817. The Morgan fingerprint density at radius 3 is 1.18 bits per heavy atom. The lowest BCUT2D eigenvalue weighted by atomic mass is 9.77. The molecule has 2 fully saturated rings. The largest absolute Gasteiger partial charge is 0.285 e. The zero-order chi connectivity index (χ0) is 23.9. The van der Waals surface area contributed by atoms with Crippen LogP contribution in [-0.4, -0.2) is 11.6 Å². The number of hydrogen-bond donors (Lipinski definition) is 0. The van der Waals surface area contributed by atoms with Gasteiger partial charge in [-0.3, -0.25) is 9.59 Å². The van der Waals surface area contributed by atoms with E-state index in [1.165, 1.54) is 88.2 Å². The highest BCUT2D eigenvalue weighted by atomic mass is 16.2. The third-order valence-corrected chi connectivity index (χ3v) is 8.58. The lowest BCUT2D eigenvalue weighted by Gasteiger charge is -2.28. The van der Waals surface area contributed by atoms with Gasteiger partial charge in [0.1, 0.15) is 0 Å². The van der Waals surface area contributed by atoms with Crippen LogP contribution in [0.4, 0.5) is 0 Å². The van der Waals surface area contributed by atoms with E-state index in [1.807, 2.05) is 24.3 Å². The molecule has 2 aromatic rings. The molecule has 0 atom stereocenters. The highest BCUT2D eigenvalue weighted by Gasteiger charge is 2.24. The van der Waals surface area contributed by atoms with E-state index in [-0.39, 0.29) is 0 Å². The zero-order valence-electron chi connectivity index (χ0n) is 21.2. The summed E-state index contributed by atoms with van der Waals surface area (Å²) in [5.41, 5.74) is 3.65. The summed E-state index contributed by atoms with van der Waals surface area (Å²) in [7, 11) is 0. The fourth-order valence-corrected chi connectivity index (χ4v) is 6.46. The number of ketones is 2. The molecule has 0 amide bonds. The van der Waals surface area contributed by atoms with Gasteiger partial charge in [-0.15, -0.1) is 0 Å². The second-order valence-electron chi connectivity index (χ2n) is 10.9. The van der Waals surface area contributed by atoms with Crippen LogP contribution in [0.5, 0.6) is 0 Å². The normalized spacial score (nSPS) is 25.1. The van der Waals surface area contributed by atoms with E-state index in [1.54, 1.807) is 0 Å². The van der Waals surface area contributed by atoms with Crippen LogP contribution in [0.1, 0.15) is 135 Å². The molecular weight excluding hydrogens is 416 g/mol. The third kappa shape index (κ3) is 6.06. The number of carbonyl (C=O) groups is 2. The van der Waals surface area contributed by atoms with E-state index in [2.05, 4.69) is 38.1 Å². The maximum absolute atomic E-state index is 12.9. The van der Waals surface area contributed by atoms with E-state index < -0.39 is 11.6 Å². The predicted octanol–water partition coefficient (Wildman–Crippen LogP) is 8.90. The number of carbonyl (C=O) groups excluding carboxylic acids is 2. The molecule has 34 heavy (non-hydrogen) atoms. The van der Waals surface area contributed by atoms with Crippen LogP contribution >= 0.6 is 0 Å². The van der Waals surface area contributed by atoms with Gasteiger partial charge in [-0.25, -0.2) is 0 Å². The lowest BCUT2D eigenvalue weighted by Crippen LogP contribution is -2.16. The summed E-state index contributed by atoms with van der Waals surface area (Å²) in [6.45, 7) is 4.55. The molecule has 0 aliphatic heterocycles. The molecule has 0 radical (unpaired) electrons. The summed E-state index contributed by atoms with van der Waals surface area (Å²) >= 11 is 0. The summed E-state index contributed by atoms with van der Waals surface area (Å²) in [6, 6.07) is 15.7. The Bertz CT molecular complexity index is 844. The van der Waals surface area contributed by atoms with Crippen molar-refractivity contribution in [3.8, 4) is 0 Å². The summed E-state index contributed by atoms with van der Waals surface area (Å²) in [5, 5.41) is 0. The van der Waals surface area contributed by atoms with Gasteiger partial charge in [0, 0.05) is 11.1 Å². The van der Waals surface area contributed by atoms with Gasteiger partial charge >= 0.3 is 0 Å². The number of benzene rings is 2. The molecule has 2 aliphatic rings. The first-order valence-corrected chi connectivity index (χ1v) is 13.9. The topological polar surface area (TPSA) is 34.1 Å². The standard InChI is InChI=1S/C32H42O2/c1-3-5-23-7-11-25(12-8-23)27-15-19-29(20-16-27)31(33)32(34)30-21-17-28(18-22-30)26-13-9-24(6-4-2)10-14-26/h15-26H,3-14H2,1-2H3. The molecule has 2 saturated carbocycles. The molecule has 0 bridgehead atoms. The first-order valence-electron chi connectivity index (χ1n) is 13.9. The Hall–Kier alpha value is -2.22. The monoisotopic (exact) mass is 458 g/mol. The van der Waals surface area contributed by atoms with Gasteiger partial charge in [0.05, 0.1) is 0 Å². The van der Waals surface area contributed by atoms with Crippen LogP contribution < -0.4 is 0 Å². The molecule has 0 spiro atoms. The van der Waals surface area contributed by atoms with Crippen molar-refractivity contribution < 1.29 is 9.59 Å². The molecule has 0 N–H and O–H groups in total. The zero-order valence-corrected chi connectivity index (χ0v) is 21.2. The van der Waals surface area contributed by atoms with Crippen molar-refractivity contribution >= 4 is 11.6 Å². The minimum atomic E-state index is -0.397. The highest BCUT2D eigenvalue weighted by molar-refractivity contribution is 6.49. The molecule has 182 valence electrons. The van der Waals surface area contributed by atoms with Crippen molar-refractivity contribution in [1.29, 1.82) is 0 Å². The molecule has 2 nitrogen and oxygen atoms in total. The Balaban J connectivity index is 1.33. The Kier molecular flexibility index (Phi) is 8.75. The molecule has 0 heterocycles. The van der Waals surface area contributed by atoms with Crippen LogP contribution in [0.3, 0.4) is 0 Å². The minimum absolute atomic E-state index is 0.397. The smallest absolute Gasteiger partial charge is 0.233 e. The van der Waals surface area contributed by atoms with Crippen LogP contribution in [-0.2, 0) is 0 Å². The van der Waals surface area contributed by atoms with Crippen molar-refractivity contribution in [3.63, 3.8) is 0 Å². The van der Waals surface area contributed by atoms with Crippen LogP contribution in [0.25, 0.3) is 0 Å². The third-order valence-electron chi connectivity index (χ3n) is 8.58. The van der Waals surface area contributed by atoms with Crippen LogP contribution in [0, 0.1) is 11.8 Å². The molecule has 2 heteroatoms. The van der Waals surface area contributed by atoms with Crippen molar-refractivity contribution in [2.24, 2.45) is 11.8 Å². The average Bonchev–Trinajstić information content (AvgIpc) is 2.89. The number of rotatable bonds is 9. The van der Waals surface area contributed by atoms with Gasteiger partial charge in [0.25, 0.3) is 0 Å². The summed E-state index contributed by atoms with van der Waals surface area (Å²) in [6.07, 6.45) is 15.5. The Morgan fingerprint density at radius 1 is 0.559 bits per heavy atom. The van der Waals surface area contributed by atoms with Gasteiger partial charge in [0.15, 0.2) is 0 Å². The van der Waals surface area contributed by atoms with Crippen molar-refractivity contribution in [3.05, 3.63) is 70.8 Å². The second kappa shape index (κ2) is 12.0. The molecule has 0 unspecified atom stereocenters. The first-order chi connectivity index (χ1) is 16.6. The van der Waals surface area contributed by atoms with Crippen molar-refractivity contribution in [1.82, 2.24) is 0 Å². The molecule has 2 aliphatic carbocycles. The maximum Gasteiger partial charge on any atom is 0.233 e. The van der Waals surface area contributed by atoms with Crippen molar-refractivity contribution in [2.75, 3.05) is 0 Å². The summed E-state index contributed by atoms with van der Waals surface area (Å²) in [5.74, 6) is 2.18. The fraction of sp³-hybridized carbons (Fsp3) is 0.562. The van der Waals surface area contributed by atoms with Gasteiger partial charge in [0.2, 0.25) is 11.6 Å². The van der Waals surface area contributed by atoms with E-state index in [0.717, 1.165) is 11.8 Å². The summed E-state index contributed by atoms with van der Waals surface area (Å²) in [4.78, 5) is 25.8. The quantitative estimate of drug-likeness (QED) is 0.278. The van der Waals surface area contributed by atoms with Crippen LogP contribution in [0.15, 0.2) is 48.5 Å². The van der Waals surface area contributed by atoms with E-state index in [4.69, 9.17) is 0 Å². The molecule has 0 saturated heterocycles. The minimum Gasteiger partial charge on any atom is -0.285 e. The molecule has 2 aromatic carbocycles. The summed E-state index contributed by atoms with van der Waals surface area (Å²) < 4.78 is 0. The number of hydrogen-bond acceptors (Lipinski definition) is 2. The Morgan fingerprint density at radius 2 is 0.882 bits per heavy atom. The number of Topliss-reactive ketones (excluding diaryl/α,β-unsaturated/α-hetero) is 2. The van der Waals surface area contributed by atoms with Gasteiger partial charge < -0.3 is 0 Å². The van der Waals surface area contributed by atoms with E-state index >= 15 is 0 Å². The Labute approximate surface area is 206 Å². The predicted molar refractivity (Wildman–Crippen MR) is 141 cm³/mol. The van der Waals surface area contributed by atoms with Crippen molar-refractivity contribution in [2.45, 2.75) is 103 Å². The SMILES string of the molecule is CCCC1CCC(c2ccc(C(=O)C(=O)c3ccc(C4CCC(CCC)CC4)cc3)cc2)CC1. The molecular formula is C32H42O2. The van der Waals surface area contributed by atoms with Crippen LogP contribution in [0.2, 0.25) is 0 Å². The average molecular weight is 459 g/mol. The van der Waals surface area contributed by atoms with Gasteiger partial charge in [-0.2, -0.15) is 0 Å². The second-order valence-corrected chi connectivity index (χ2v) is 10.9. The van der Waals surface area contributed by atoms with Gasteiger partial charge in [-0.1, -0.05) is 88.1 Å². The highest BCUT2D eigenvalue weighted by Crippen LogP contribution is 2.38. The maximum atomic E-state index is 12.9. The molecule has 0 aromatic heterocycles. The first kappa shape index (κ1) is 24.9. The van der Waals surface area contributed by atoms with Gasteiger partial charge in [-0.05, 0) is 86.2 Å². The molecule has 4 rings (SSSR count). The van der Waals surface area contributed by atoms with E-state index in [9.17, 15) is 9.59 Å². The van der Waals surface area contributed by atoms with E-state index in [0.29, 0.717) is 23.0 Å². The fourth-order valence-electron chi connectivity index (χ4n) is 6.46.